The maximum atomic E-state index is 12.8. The second-order valence-corrected chi connectivity index (χ2v) is 6.38. The van der Waals surface area contributed by atoms with Crippen LogP contribution in [0.2, 0.25) is 0 Å². The van der Waals surface area contributed by atoms with E-state index in [1.807, 2.05) is 29.2 Å². The van der Waals surface area contributed by atoms with Crippen molar-refractivity contribution in [1.82, 2.24) is 20.0 Å². The molecule has 26 heavy (non-hydrogen) atoms. The standard InChI is InChI=1S/C19H20N4O3/c24-17(20-12-14-6-5-11-26-14)13-23-16-8-2-1-7-15(16)18(21-23)19(25)22-9-3-4-10-22/h1-2,5-8,11H,3-4,9-10,12-13H2,(H,20,24). The predicted molar refractivity (Wildman–Crippen MR) is 95.4 cm³/mol. The number of para-hydroxylation sites is 1. The number of aromatic nitrogens is 2. The second-order valence-electron chi connectivity index (χ2n) is 6.38. The number of fused-ring (bicyclic) bond motifs is 1. The molecule has 4 rings (SSSR count). The molecule has 2 amide bonds. The van der Waals surface area contributed by atoms with Crippen LogP contribution in [0.3, 0.4) is 0 Å². The molecule has 1 aliphatic rings. The van der Waals surface area contributed by atoms with Gasteiger partial charge in [0.2, 0.25) is 5.91 Å². The summed E-state index contributed by atoms with van der Waals surface area (Å²) >= 11 is 0. The summed E-state index contributed by atoms with van der Waals surface area (Å²) in [6.45, 7) is 1.91. The van der Waals surface area contributed by atoms with Gasteiger partial charge in [-0.1, -0.05) is 18.2 Å². The molecule has 1 aromatic carbocycles. The molecular formula is C19H20N4O3. The topological polar surface area (TPSA) is 80.4 Å². The highest BCUT2D eigenvalue weighted by atomic mass is 16.3. The van der Waals surface area contributed by atoms with Gasteiger partial charge in [-0.15, -0.1) is 0 Å². The molecule has 1 fully saturated rings. The van der Waals surface area contributed by atoms with E-state index in [1.54, 1.807) is 23.1 Å². The monoisotopic (exact) mass is 352 g/mol. The van der Waals surface area contributed by atoms with Gasteiger partial charge in [0.1, 0.15) is 12.3 Å². The van der Waals surface area contributed by atoms with E-state index in [9.17, 15) is 9.59 Å². The van der Waals surface area contributed by atoms with Crippen LogP contribution in [0, 0.1) is 0 Å². The van der Waals surface area contributed by atoms with Crippen molar-refractivity contribution in [3.63, 3.8) is 0 Å². The van der Waals surface area contributed by atoms with Crippen molar-refractivity contribution >= 4 is 22.7 Å². The zero-order valence-corrected chi connectivity index (χ0v) is 14.4. The van der Waals surface area contributed by atoms with Gasteiger partial charge in [0, 0.05) is 18.5 Å². The molecule has 7 nitrogen and oxygen atoms in total. The molecule has 1 aliphatic heterocycles. The number of hydrogen-bond donors (Lipinski definition) is 1. The Morgan fingerprint density at radius 2 is 1.92 bits per heavy atom. The lowest BCUT2D eigenvalue weighted by Crippen LogP contribution is -2.29. The Bertz CT molecular complexity index is 924. The Balaban J connectivity index is 1.55. The maximum Gasteiger partial charge on any atom is 0.275 e. The molecule has 3 heterocycles. The van der Waals surface area contributed by atoms with Crippen LogP contribution in [-0.2, 0) is 17.9 Å². The Morgan fingerprint density at radius 3 is 2.69 bits per heavy atom. The van der Waals surface area contributed by atoms with Gasteiger partial charge in [0.15, 0.2) is 5.69 Å². The fourth-order valence-corrected chi connectivity index (χ4v) is 3.27. The normalized spacial score (nSPS) is 14.1. The quantitative estimate of drug-likeness (QED) is 0.763. The Hall–Kier alpha value is -3.09. The van der Waals surface area contributed by atoms with E-state index in [0.29, 0.717) is 18.0 Å². The van der Waals surface area contributed by atoms with Gasteiger partial charge in [-0.3, -0.25) is 14.3 Å². The summed E-state index contributed by atoms with van der Waals surface area (Å²) in [6.07, 6.45) is 3.62. The lowest BCUT2D eigenvalue weighted by atomic mass is 10.2. The first-order valence-electron chi connectivity index (χ1n) is 8.76. The lowest BCUT2D eigenvalue weighted by Gasteiger charge is -2.13. The third-order valence-electron chi connectivity index (χ3n) is 4.59. The van der Waals surface area contributed by atoms with Crippen molar-refractivity contribution in [1.29, 1.82) is 0 Å². The van der Waals surface area contributed by atoms with Crippen molar-refractivity contribution in [3.8, 4) is 0 Å². The first-order valence-corrected chi connectivity index (χ1v) is 8.76. The minimum absolute atomic E-state index is 0.0501. The number of rotatable bonds is 5. The zero-order valence-electron chi connectivity index (χ0n) is 14.4. The van der Waals surface area contributed by atoms with Crippen LogP contribution in [-0.4, -0.2) is 39.6 Å². The maximum absolute atomic E-state index is 12.8. The first kappa shape index (κ1) is 16.4. The number of carbonyl (C=O) groups excluding carboxylic acids is 2. The Morgan fingerprint density at radius 1 is 1.12 bits per heavy atom. The first-order chi connectivity index (χ1) is 12.7. The van der Waals surface area contributed by atoms with Crippen LogP contribution in [0.25, 0.3) is 10.9 Å². The number of nitrogens with one attached hydrogen (secondary N) is 1. The number of nitrogens with zero attached hydrogens (tertiary/aromatic N) is 3. The van der Waals surface area contributed by atoms with Gasteiger partial charge in [0.05, 0.1) is 18.3 Å². The number of likely N-dealkylation sites (tertiary alicyclic amines) is 1. The number of benzene rings is 1. The third kappa shape index (κ3) is 3.20. The summed E-state index contributed by atoms with van der Waals surface area (Å²) < 4.78 is 6.80. The van der Waals surface area contributed by atoms with E-state index in [-0.39, 0.29) is 18.4 Å². The van der Waals surface area contributed by atoms with Crippen molar-refractivity contribution in [3.05, 3.63) is 54.1 Å². The largest absolute Gasteiger partial charge is 0.467 e. The highest BCUT2D eigenvalue weighted by Gasteiger charge is 2.25. The molecule has 0 bridgehead atoms. The Kier molecular flexibility index (Phi) is 4.43. The Labute approximate surface area is 150 Å². The highest BCUT2D eigenvalue weighted by Crippen LogP contribution is 2.21. The number of amides is 2. The average Bonchev–Trinajstić information content (AvgIpc) is 3.41. The van der Waals surface area contributed by atoms with E-state index < -0.39 is 0 Å². The van der Waals surface area contributed by atoms with E-state index in [1.165, 1.54) is 0 Å². The van der Waals surface area contributed by atoms with Gasteiger partial charge >= 0.3 is 0 Å². The van der Waals surface area contributed by atoms with E-state index in [0.717, 1.165) is 36.8 Å². The molecule has 134 valence electrons. The van der Waals surface area contributed by atoms with Crippen molar-refractivity contribution < 1.29 is 14.0 Å². The third-order valence-corrected chi connectivity index (χ3v) is 4.59. The summed E-state index contributed by atoms with van der Waals surface area (Å²) in [6, 6.07) is 11.1. The van der Waals surface area contributed by atoms with E-state index in [2.05, 4.69) is 10.4 Å². The molecule has 0 atom stereocenters. The molecular weight excluding hydrogens is 332 g/mol. The van der Waals surface area contributed by atoms with Gasteiger partial charge < -0.3 is 14.6 Å². The van der Waals surface area contributed by atoms with Gasteiger partial charge in [-0.2, -0.15) is 5.10 Å². The summed E-state index contributed by atoms with van der Waals surface area (Å²) in [5.41, 5.74) is 1.20. The molecule has 1 N–H and O–H groups in total. The highest BCUT2D eigenvalue weighted by molar-refractivity contribution is 6.05. The summed E-state index contributed by atoms with van der Waals surface area (Å²) in [4.78, 5) is 26.9. The average molecular weight is 352 g/mol. The number of furan rings is 1. The van der Waals surface area contributed by atoms with Gasteiger partial charge in [0.25, 0.3) is 5.91 Å². The van der Waals surface area contributed by atoms with E-state index in [4.69, 9.17) is 4.42 Å². The molecule has 2 aromatic heterocycles. The van der Waals surface area contributed by atoms with Crippen LogP contribution in [0.4, 0.5) is 0 Å². The molecule has 0 unspecified atom stereocenters. The van der Waals surface area contributed by atoms with Crippen molar-refractivity contribution in [2.45, 2.75) is 25.9 Å². The smallest absolute Gasteiger partial charge is 0.275 e. The molecule has 3 aromatic rings. The molecule has 0 aliphatic carbocycles. The minimum atomic E-state index is -0.185. The molecule has 1 saturated heterocycles. The summed E-state index contributed by atoms with van der Waals surface area (Å²) in [5.74, 6) is 0.442. The lowest BCUT2D eigenvalue weighted by molar-refractivity contribution is -0.122. The summed E-state index contributed by atoms with van der Waals surface area (Å²) in [7, 11) is 0. The minimum Gasteiger partial charge on any atom is -0.467 e. The van der Waals surface area contributed by atoms with Crippen LogP contribution in [0.5, 0.6) is 0 Å². The molecule has 0 saturated carbocycles. The fraction of sp³-hybridized carbons (Fsp3) is 0.316. The van der Waals surface area contributed by atoms with Gasteiger partial charge in [-0.05, 0) is 31.0 Å². The van der Waals surface area contributed by atoms with Crippen LogP contribution < -0.4 is 5.32 Å². The predicted octanol–water partition coefficient (Wildman–Crippen LogP) is 2.18. The zero-order chi connectivity index (χ0) is 17.9. The summed E-state index contributed by atoms with van der Waals surface area (Å²) in [5, 5.41) is 8.04. The van der Waals surface area contributed by atoms with Crippen molar-refractivity contribution in [2.75, 3.05) is 13.1 Å². The number of carbonyl (C=O) groups is 2. The van der Waals surface area contributed by atoms with Gasteiger partial charge in [-0.25, -0.2) is 0 Å². The second kappa shape index (κ2) is 7.03. The number of hydrogen-bond acceptors (Lipinski definition) is 4. The van der Waals surface area contributed by atoms with Crippen LogP contribution >= 0.6 is 0 Å². The fourth-order valence-electron chi connectivity index (χ4n) is 3.27. The van der Waals surface area contributed by atoms with E-state index >= 15 is 0 Å². The van der Waals surface area contributed by atoms with Crippen LogP contribution in [0.1, 0.15) is 29.1 Å². The SMILES string of the molecule is O=C(Cn1nc(C(=O)N2CCCC2)c2ccccc21)NCc1ccco1. The molecule has 7 heteroatoms. The van der Waals surface area contributed by atoms with Crippen LogP contribution in [0.15, 0.2) is 47.1 Å². The molecule has 0 spiro atoms. The van der Waals surface area contributed by atoms with Crippen molar-refractivity contribution in [2.24, 2.45) is 0 Å². The molecule has 0 radical (unpaired) electrons.